The molecule has 0 bridgehead atoms. The molecule has 36 heavy (non-hydrogen) atoms. The number of nitrogens with zero attached hydrogens (tertiary/aromatic N) is 1. The summed E-state index contributed by atoms with van der Waals surface area (Å²) in [4.78, 5) is 4.80. The largest absolute Gasteiger partial charge is 0.461 e. The summed E-state index contributed by atoms with van der Waals surface area (Å²) in [5, 5.41) is 11.9. The van der Waals surface area contributed by atoms with Gasteiger partial charge in [0.25, 0.3) is 0 Å². The first-order valence-corrected chi connectivity index (χ1v) is 12.9. The van der Waals surface area contributed by atoms with Crippen LogP contribution in [0.5, 0.6) is 0 Å². The molecule has 1 atom stereocenters. The molecule has 188 valence electrons. The number of halogens is 2. The molecule has 1 aliphatic rings. The van der Waals surface area contributed by atoms with Crippen LogP contribution in [0.15, 0.2) is 77.2 Å². The fraction of sp³-hybridized carbons (Fsp3) is 0.310. The first-order chi connectivity index (χ1) is 17.4. The maximum atomic E-state index is 14.2. The molecule has 0 spiro atoms. The maximum Gasteiger partial charge on any atom is 0.173 e. The zero-order chi connectivity index (χ0) is 25.1. The van der Waals surface area contributed by atoms with E-state index >= 15 is 0 Å². The van der Waals surface area contributed by atoms with E-state index in [1.165, 1.54) is 46.2 Å². The van der Waals surface area contributed by atoms with Crippen molar-refractivity contribution in [2.45, 2.75) is 44.6 Å². The van der Waals surface area contributed by atoms with E-state index in [2.05, 4.69) is 24.0 Å². The van der Waals surface area contributed by atoms with Gasteiger partial charge in [0.2, 0.25) is 0 Å². The molecule has 7 heteroatoms. The lowest BCUT2D eigenvalue weighted by Gasteiger charge is -2.28. The molecule has 0 aliphatic carbocycles. The van der Waals surface area contributed by atoms with Crippen LogP contribution in [0.2, 0.25) is 0 Å². The van der Waals surface area contributed by atoms with Gasteiger partial charge in [-0.2, -0.15) is 0 Å². The molecule has 4 nitrogen and oxygen atoms in total. The first-order valence-electron chi connectivity index (χ1n) is 12.1. The van der Waals surface area contributed by atoms with Gasteiger partial charge in [0, 0.05) is 29.5 Å². The second kappa shape index (κ2) is 10.6. The zero-order valence-electron chi connectivity index (χ0n) is 20.1. The number of ether oxygens (including phenoxy) is 1. The number of thiophene rings is 1. The lowest BCUT2D eigenvalue weighted by molar-refractivity contribution is 0.0633. The lowest BCUT2D eigenvalue weighted by Crippen LogP contribution is -2.31. The molecule has 2 aromatic heterocycles. The molecule has 1 fully saturated rings. The minimum Gasteiger partial charge on any atom is -0.461 e. The monoisotopic (exact) mass is 509 g/mol. The van der Waals surface area contributed by atoms with Crippen LogP contribution < -0.4 is 0 Å². The molecule has 0 amide bonds. The molecular weight excluding hydrogens is 480 g/mol. The third-order valence-corrected chi connectivity index (χ3v) is 7.53. The Morgan fingerprint density at radius 3 is 2.28 bits per heavy atom. The number of aryl methyl sites for hydroxylation is 1. The summed E-state index contributed by atoms with van der Waals surface area (Å²) in [6.07, 6.45) is 2.27. The summed E-state index contributed by atoms with van der Waals surface area (Å²) in [5.41, 5.74) is -1.33. The summed E-state index contributed by atoms with van der Waals surface area (Å²) < 4.78 is 40.4. The van der Waals surface area contributed by atoms with Crippen molar-refractivity contribution >= 4 is 11.3 Å². The van der Waals surface area contributed by atoms with E-state index in [4.69, 9.17) is 9.15 Å². The highest BCUT2D eigenvalue weighted by molar-refractivity contribution is 7.11. The topological polar surface area (TPSA) is 45.8 Å². The Labute approximate surface area is 213 Å². The van der Waals surface area contributed by atoms with Crippen LogP contribution in [0, 0.1) is 18.6 Å². The van der Waals surface area contributed by atoms with Gasteiger partial charge in [0.05, 0.1) is 12.6 Å². The summed E-state index contributed by atoms with van der Waals surface area (Å²) >= 11 is 1.77. The Morgan fingerprint density at radius 2 is 1.69 bits per heavy atom. The van der Waals surface area contributed by atoms with E-state index in [1.54, 1.807) is 29.5 Å². The van der Waals surface area contributed by atoms with E-state index < -0.39 is 17.2 Å². The van der Waals surface area contributed by atoms with Crippen LogP contribution in [-0.4, -0.2) is 29.3 Å². The van der Waals surface area contributed by atoms with Crippen LogP contribution in [0.1, 0.15) is 45.2 Å². The van der Waals surface area contributed by atoms with Gasteiger partial charge in [-0.05, 0) is 79.4 Å². The Bertz CT molecular complexity index is 1270. The molecule has 0 radical (unpaired) electrons. The molecule has 1 N–H and O–H groups in total. The van der Waals surface area contributed by atoms with Gasteiger partial charge in [-0.15, -0.1) is 11.3 Å². The Kier molecular flexibility index (Phi) is 7.34. The van der Waals surface area contributed by atoms with Gasteiger partial charge >= 0.3 is 0 Å². The first kappa shape index (κ1) is 24.8. The van der Waals surface area contributed by atoms with E-state index in [0.717, 1.165) is 32.5 Å². The molecule has 2 aromatic carbocycles. The van der Waals surface area contributed by atoms with Crippen LogP contribution in [-0.2, 0) is 23.4 Å². The maximum absolute atomic E-state index is 14.2. The van der Waals surface area contributed by atoms with E-state index in [0.29, 0.717) is 12.3 Å². The number of hydrogen-bond acceptors (Lipinski definition) is 5. The van der Waals surface area contributed by atoms with Gasteiger partial charge in [-0.1, -0.05) is 24.3 Å². The molecular formula is C29H29F2NO3S. The van der Waals surface area contributed by atoms with E-state index in [9.17, 15) is 13.9 Å². The zero-order valence-corrected chi connectivity index (χ0v) is 20.9. The minimum atomic E-state index is -1.85. The normalized spacial score (nSPS) is 16.2. The summed E-state index contributed by atoms with van der Waals surface area (Å²) in [6, 6.07) is 19.1. The van der Waals surface area contributed by atoms with Crippen molar-refractivity contribution < 1.29 is 23.0 Å². The Hall–Kier alpha value is -2.84. The average Bonchev–Trinajstić information content (AvgIpc) is 3.62. The smallest absolute Gasteiger partial charge is 0.173 e. The van der Waals surface area contributed by atoms with Crippen LogP contribution in [0.25, 0.3) is 0 Å². The summed E-state index contributed by atoms with van der Waals surface area (Å²) in [5.74, 6) is -0.133. The van der Waals surface area contributed by atoms with Crippen molar-refractivity contribution in [2.24, 2.45) is 0 Å². The highest BCUT2D eigenvalue weighted by Crippen LogP contribution is 2.38. The van der Waals surface area contributed by atoms with Crippen LogP contribution in [0.3, 0.4) is 0 Å². The van der Waals surface area contributed by atoms with Crippen molar-refractivity contribution in [1.29, 1.82) is 0 Å². The number of aliphatic hydroxyl groups is 1. The number of furan rings is 1. The molecule has 4 aromatic rings. The Balaban J connectivity index is 1.46. The minimum absolute atomic E-state index is 0.178. The van der Waals surface area contributed by atoms with E-state index in [-0.39, 0.29) is 23.0 Å². The Morgan fingerprint density at radius 1 is 0.972 bits per heavy atom. The predicted octanol–water partition coefficient (Wildman–Crippen LogP) is 6.39. The second-order valence-corrected chi connectivity index (χ2v) is 10.7. The van der Waals surface area contributed by atoms with Crippen molar-refractivity contribution in [3.8, 4) is 0 Å². The fourth-order valence-corrected chi connectivity index (χ4v) is 5.74. The quantitative estimate of drug-likeness (QED) is 0.284. The third kappa shape index (κ3) is 5.44. The molecule has 5 rings (SSSR count). The number of hydrogen-bond donors (Lipinski definition) is 1. The molecule has 3 heterocycles. The lowest BCUT2D eigenvalue weighted by atomic mass is 9.84. The SMILES string of the molecule is Cc1ccc(CN(Cc2ccc(C(O)(c3cccc(F)c3)c3cccc(F)c3)o2)CC2CCCO2)s1. The standard InChI is InChI=1S/C29H29F2NO3S/c1-20-10-12-27(36-20)19-32(17-25-9-4-14-34-25)18-26-11-13-28(35-26)29(33,21-5-2-7-23(30)15-21)22-6-3-8-24(31)16-22/h2-3,5-8,10-13,15-16,25,33H,4,9,14,17-19H2,1H3. The van der Waals surface area contributed by atoms with Gasteiger partial charge in [-0.25, -0.2) is 8.78 Å². The number of benzene rings is 2. The van der Waals surface area contributed by atoms with Crippen molar-refractivity contribution in [3.63, 3.8) is 0 Å². The van der Waals surface area contributed by atoms with Crippen LogP contribution in [0.4, 0.5) is 8.78 Å². The third-order valence-electron chi connectivity index (χ3n) is 6.54. The van der Waals surface area contributed by atoms with E-state index in [1.807, 2.05) is 6.07 Å². The van der Waals surface area contributed by atoms with Gasteiger partial charge in [0.1, 0.15) is 23.2 Å². The number of rotatable bonds is 9. The summed E-state index contributed by atoms with van der Waals surface area (Å²) in [6.45, 7) is 4.92. The van der Waals surface area contributed by atoms with Crippen molar-refractivity contribution in [3.05, 3.63) is 117 Å². The van der Waals surface area contributed by atoms with Crippen molar-refractivity contribution in [2.75, 3.05) is 13.2 Å². The van der Waals surface area contributed by atoms with Gasteiger partial charge in [-0.3, -0.25) is 4.90 Å². The molecule has 1 saturated heterocycles. The molecule has 1 aliphatic heterocycles. The highest BCUT2D eigenvalue weighted by atomic mass is 32.1. The van der Waals surface area contributed by atoms with Gasteiger partial charge in [0.15, 0.2) is 5.60 Å². The predicted molar refractivity (Wildman–Crippen MR) is 136 cm³/mol. The second-order valence-electron chi connectivity index (χ2n) is 9.31. The van der Waals surface area contributed by atoms with Crippen LogP contribution >= 0.6 is 11.3 Å². The fourth-order valence-electron chi connectivity index (χ4n) is 4.81. The summed E-state index contributed by atoms with van der Waals surface area (Å²) in [7, 11) is 0. The van der Waals surface area contributed by atoms with Gasteiger partial charge < -0.3 is 14.3 Å². The molecule has 0 saturated carbocycles. The molecule has 1 unspecified atom stereocenters. The highest BCUT2D eigenvalue weighted by Gasteiger charge is 2.38. The van der Waals surface area contributed by atoms with Crippen molar-refractivity contribution in [1.82, 2.24) is 4.90 Å². The average molecular weight is 510 g/mol.